The van der Waals surface area contributed by atoms with Crippen LogP contribution in [0.15, 0.2) is 53.4 Å². The number of ether oxygens (including phenoxy) is 2. The van der Waals surface area contributed by atoms with Crippen LogP contribution in [0.5, 0.6) is 5.75 Å². The van der Waals surface area contributed by atoms with Gasteiger partial charge in [0.05, 0.1) is 24.7 Å². The number of nitrogens with zero attached hydrogens (tertiary/aromatic N) is 1. The average molecular weight is 387 g/mol. The van der Waals surface area contributed by atoms with Crippen molar-refractivity contribution in [2.75, 3.05) is 13.7 Å². The van der Waals surface area contributed by atoms with Crippen LogP contribution < -0.4 is 4.74 Å². The first-order valence-electron chi connectivity index (χ1n) is 8.72. The first-order chi connectivity index (χ1) is 12.8. The van der Waals surface area contributed by atoms with E-state index in [0.29, 0.717) is 23.5 Å². The van der Waals surface area contributed by atoms with Gasteiger partial charge in [-0.3, -0.25) is 4.79 Å². The zero-order chi connectivity index (χ0) is 19.4. The van der Waals surface area contributed by atoms with E-state index >= 15 is 0 Å². The number of carbonyl (C=O) groups is 1. The van der Waals surface area contributed by atoms with E-state index in [-0.39, 0.29) is 10.9 Å². The van der Waals surface area contributed by atoms with E-state index in [1.807, 2.05) is 0 Å². The summed E-state index contributed by atoms with van der Waals surface area (Å²) >= 11 is 0. The van der Waals surface area contributed by atoms with E-state index in [1.165, 1.54) is 19.2 Å². The summed E-state index contributed by atoms with van der Waals surface area (Å²) in [5.74, 6) is 0.0941. The van der Waals surface area contributed by atoms with Gasteiger partial charge < -0.3 is 14.4 Å². The van der Waals surface area contributed by atoms with E-state index in [0.717, 1.165) is 0 Å². The lowest BCUT2D eigenvalue weighted by Crippen LogP contribution is -2.51. The van der Waals surface area contributed by atoms with Crippen LogP contribution in [0.1, 0.15) is 36.3 Å². The SMILES string of the molecule is COc1cccc2c1[C@H]1COC(C)(C)N1C(=O)[C@@H]2S(=O)(=O)c1ccccc1. The molecule has 0 spiro atoms. The maximum absolute atomic E-state index is 13.4. The molecule has 0 bridgehead atoms. The molecule has 1 saturated heterocycles. The fourth-order valence-electron chi connectivity index (χ4n) is 4.06. The Morgan fingerprint density at radius 1 is 1.11 bits per heavy atom. The standard InChI is InChI=1S/C20H21NO5S/c1-20(2)21-15(12-26-20)17-14(10-7-11-16(17)25-3)18(19(21)22)27(23,24)13-8-5-4-6-9-13/h4-11,15,18H,12H2,1-3H3/t15-,18-/m1/s1. The summed E-state index contributed by atoms with van der Waals surface area (Å²) in [6.45, 7) is 3.85. The van der Waals surface area contributed by atoms with Crippen molar-refractivity contribution in [3.63, 3.8) is 0 Å². The number of amides is 1. The van der Waals surface area contributed by atoms with Gasteiger partial charge in [-0.1, -0.05) is 30.3 Å². The average Bonchev–Trinajstić information content (AvgIpc) is 2.97. The van der Waals surface area contributed by atoms with Crippen LogP contribution >= 0.6 is 0 Å². The summed E-state index contributed by atoms with van der Waals surface area (Å²) in [6.07, 6.45) is 0. The molecule has 2 aliphatic heterocycles. The number of hydrogen-bond donors (Lipinski definition) is 0. The van der Waals surface area contributed by atoms with Crippen molar-refractivity contribution < 1.29 is 22.7 Å². The summed E-state index contributed by atoms with van der Waals surface area (Å²) in [5, 5.41) is -1.33. The summed E-state index contributed by atoms with van der Waals surface area (Å²) in [5.41, 5.74) is 0.269. The first kappa shape index (κ1) is 18.0. The van der Waals surface area contributed by atoms with Crippen molar-refractivity contribution in [2.24, 2.45) is 0 Å². The highest BCUT2D eigenvalue weighted by Gasteiger charge is 2.55. The Balaban J connectivity index is 1.98. The minimum atomic E-state index is -3.94. The maximum atomic E-state index is 13.4. The zero-order valence-electron chi connectivity index (χ0n) is 15.4. The minimum absolute atomic E-state index is 0.119. The molecule has 1 amide bonds. The quantitative estimate of drug-likeness (QED) is 0.810. The molecule has 2 aliphatic rings. The van der Waals surface area contributed by atoms with Crippen LogP contribution in [0.25, 0.3) is 0 Å². The number of carbonyl (C=O) groups excluding carboxylic acids is 1. The van der Waals surface area contributed by atoms with Gasteiger partial charge in [-0.15, -0.1) is 0 Å². The molecule has 4 rings (SSSR count). The Labute approximate surface area is 158 Å². The highest BCUT2D eigenvalue weighted by molar-refractivity contribution is 7.92. The van der Waals surface area contributed by atoms with Gasteiger partial charge in [0.15, 0.2) is 15.1 Å². The second kappa shape index (κ2) is 6.07. The Morgan fingerprint density at radius 2 is 1.81 bits per heavy atom. The van der Waals surface area contributed by atoms with Gasteiger partial charge in [-0.2, -0.15) is 0 Å². The maximum Gasteiger partial charge on any atom is 0.248 e. The second-order valence-corrected chi connectivity index (χ2v) is 9.22. The third-order valence-electron chi connectivity index (χ3n) is 5.27. The van der Waals surface area contributed by atoms with Crippen LogP contribution in [0.4, 0.5) is 0 Å². The molecule has 0 radical (unpaired) electrons. The topological polar surface area (TPSA) is 72.9 Å². The van der Waals surface area contributed by atoms with Gasteiger partial charge in [-0.05, 0) is 37.6 Å². The van der Waals surface area contributed by atoms with Crippen molar-refractivity contribution in [3.8, 4) is 5.75 Å². The zero-order valence-corrected chi connectivity index (χ0v) is 16.2. The largest absolute Gasteiger partial charge is 0.496 e. The van der Waals surface area contributed by atoms with Gasteiger partial charge in [0.25, 0.3) is 0 Å². The highest BCUT2D eigenvalue weighted by atomic mass is 32.2. The summed E-state index contributed by atoms with van der Waals surface area (Å²) in [4.78, 5) is 15.1. The van der Waals surface area contributed by atoms with Gasteiger partial charge >= 0.3 is 0 Å². The number of rotatable bonds is 3. The third-order valence-corrected chi connectivity index (χ3v) is 7.27. The Bertz CT molecular complexity index is 1000. The first-order valence-corrected chi connectivity index (χ1v) is 10.3. The summed E-state index contributed by atoms with van der Waals surface area (Å²) in [6, 6.07) is 12.9. The predicted octanol–water partition coefficient (Wildman–Crippen LogP) is 2.86. The molecule has 27 heavy (non-hydrogen) atoms. The van der Waals surface area contributed by atoms with E-state index < -0.39 is 26.7 Å². The van der Waals surface area contributed by atoms with Gasteiger partial charge in [0, 0.05) is 5.56 Å². The van der Waals surface area contributed by atoms with Crippen molar-refractivity contribution in [1.29, 1.82) is 0 Å². The Morgan fingerprint density at radius 3 is 2.48 bits per heavy atom. The molecule has 7 heteroatoms. The van der Waals surface area contributed by atoms with Crippen molar-refractivity contribution in [3.05, 3.63) is 59.7 Å². The van der Waals surface area contributed by atoms with Crippen LogP contribution in [0, 0.1) is 0 Å². The van der Waals surface area contributed by atoms with Crippen LogP contribution in [0.3, 0.4) is 0 Å². The molecule has 1 fully saturated rings. The summed E-state index contributed by atoms with van der Waals surface area (Å²) in [7, 11) is -2.40. The number of hydrogen-bond acceptors (Lipinski definition) is 5. The lowest BCUT2D eigenvalue weighted by Gasteiger charge is -2.41. The number of benzene rings is 2. The third kappa shape index (κ3) is 2.56. The lowest BCUT2D eigenvalue weighted by molar-refractivity contribution is -0.147. The van der Waals surface area contributed by atoms with E-state index in [9.17, 15) is 13.2 Å². The molecular weight excluding hydrogens is 366 g/mol. The van der Waals surface area contributed by atoms with Gasteiger partial charge in [0.1, 0.15) is 11.5 Å². The molecule has 0 aromatic heterocycles. The van der Waals surface area contributed by atoms with Crippen molar-refractivity contribution >= 4 is 15.7 Å². The molecule has 0 aliphatic carbocycles. The molecule has 2 aromatic carbocycles. The van der Waals surface area contributed by atoms with E-state index in [1.54, 1.807) is 55.1 Å². The minimum Gasteiger partial charge on any atom is -0.496 e. The second-order valence-electron chi connectivity index (χ2n) is 7.18. The lowest BCUT2D eigenvalue weighted by atomic mass is 9.90. The highest BCUT2D eigenvalue weighted by Crippen LogP contribution is 2.50. The molecule has 2 aromatic rings. The number of methoxy groups -OCH3 is 1. The molecule has 0 saturated carbocycles. The normalized spacial score (nSPS) is 23.7. The van der Waals surface area contributed by atoms with Crippen molar-refractivity contribution in [1.82, 2.24) is 4.90 Å². The molecular formula is C20H21NO5S. The molecule has 2 atom stereocenters. The molecule has 142 valence electrons. The number of sulfone groups is 1. The fraction of sp³-hybridized carbons (Fsp3) is 0.350. The van der Waals surface area contributed by atoms with Crippen molar-refractivity contribution in [2.45, 2.75) is 35.8 Å². The van der Waals surface area contributed by atoms with E-state index in [4.69, 9.17) is 9.47 Å². The van der Waals surface area contributed by atoms with Crippen LogP contribution in [0.2, 0.25) is 0 Å². The van der Waals surface area contributed by atoms with Crippen LogP contribution in [-0.4, -0.2) is 38.7 Å². The predicted molar refractivity (Wildman–Crippen MR) is 99.0 cm³/mol. The monoisotopic (exact) mass is 387 g/mol. The van der Waals surface area contributed by atoms with Gasteiger partial charge in [0.2, 0.25) is 5.91 Å². The molecule has 0 N–H and O–H groups in total. The fourth-order valence-corrected chi connectivity index (χ4v) is 5.79. The molecule has 0 unspecified atom stereocenters. The smallest absolute Gasteiger partial charge is 0.248 e. The van der Waals surface area contributed by atoms with Gasteiger partial charge in [-0.25, -0.2) is 8.42 Å². The summed E-state index contributed by atoms with van der Waals surface area (Å²) < 4.78 is 38.2. The molecule has 2 heterocycles. The Hall–Kier alpha value is -2.38. The number of fused-ring (bicyclic) bond motifs is 3. The molecule has 6 nitrogen and oxygen atoms in total. The van der Waals surface area contributed by atoms with Crippen LogP contribution in [-0.2, 0) is 19.4 Å². The Kier molecular flexibility index (Phi) is 4.05. The van der Waals surface area contributed by atoms with E-state index in [2.05, 4.69) is 0 Å².